The van der Waals surface area contributed by atoms with E-state index in [1.807, 2.05) is 30.3 Å². The van der Waals surface area contributed by atoms with Crippen molar-refractivity contribution in [3.8, 4) is 11.5 Å². The van der Waals surface area contributed by atoms with Gasteiger partial charge < -0.3 is 10.3 Å². The molecule has 0 atom stereocenters. The predicted octanol–water partition coefficient (Wildman–Crippen LogP) is 0.542. The number of aromatic nitrogens is 6. The number of aryl methyl sites for hydroxylation is 2. The van der Waals surface area contributed by atoms with Gasteiger partial charge in [0, 0.05) is 27.2 Å². The van der Waals surface area contributed by atoms with Crippen molar-refractivity contribution >= 4 is 22.9 Å². The van der Waals surface area contributed by atoms with E-state index in [1.54, 1.807) is 24.8 Å². The molecule has 0 unspecified atom stereocenters. The van der Waals surface area contributed by atoms with Gasteiger partial charge in [0.15, 0.2) is 17.3 Å². The van der Waals surface area contributed by atoms with Gasteiger partial charge in [0.05, 0.1) is 6.42 Å². The van der Waals surface area contributed by atoms with E-state index < -0.39 is 11.2 Å². The van der Waals surface area contributed by atoms with Gasteiger partial charge in [0.2, 0.25) is 5.91 Å². The Balaban J connectivity index is 1.65. The summed E-state index contributed by atoms with van der Waals surface area (Å²) in [5, 5.41) is 7.05. The molecule has 0 aliphatic rings. The summed E-state index contributed by atoms with van der Waals surface area (Å²) in [4.78, 5) is 44.1. The maximum atomic E-state index is 12.4. The molecule has 10 heteroatoms. The summed E-state index contributed by atoms with van der Waals surface area (Å²) in [7, 11) is 4.66. The fraction of sp³-hybridized carbons (Fsp3) is 0.211. The number of H-pyrrole nitrogens is 1. The number of anilines is 1. The van der Waals surface area contributed by atoms with E-state index in [0.29, 0.717) is 17.3 Å². The van der Waals surface area contributed by atoms with Crippen molar-refractivity contribution in [1.82, 2.24) is 28.9 Å². The lowest BCUT2D eigenvalue weighted by Crippen LogP contribution is -2.36. The third-order valence-corrected chi connectivity index (χ3v) is 4.69. The smallest absolute Gasteiger partial charge is 0.331 e. The molecule has 0 spiro atoms. The van der Waals surface area contributed by atoms with Crippen LogP contribution < -0.4 is 16.6 Å². The van der Waals surface area contributed by atoms with Crippen LogP contribution in [-0.4, -0.2) is 34.8 Å². The number of hydrogen-bond acceptors (Lipinski definition) is 5. The van der Waals surface area contributed by atoms with Crippen LogP contribution in [0.5, 0.6) is 0 Å². The van der Waals surface area contributed by atoms with Crippen LogP contribution in [0.3, 0.4) is 0 Å². The number of nitrogens with one attached hydrogen (secondary N) is 2. The van der Waals surface area contributed by atoms with Gasteiger partial charge in [-0.3, -0.25) is 23.4 Å². The summed E-state index contributed by atoms with van der Waals surface area (Å²) in [5.41, 5.74) is 1.02. The Hall–Kier alpha value is -3.95. The zero-order chi connectivity index (χ0) is 20.7. The average Bonchev–Trinajstić information content (AvgIpc) is 3.29. The third-order valence-electron chi connectivity index (χ3n) is 4.69. The van der Waals surface area contributed by atoms with E-state index in [0.717, 1.165) is 10.1 Å². The van der Waals surface area contributed by atoms with Crippen molar-refractivity contribution < 1.29 is 4.79 Å². The van der Waals surface area contributed by atoms with Gasteiger partial charge in [-0.05, 0) is 5.56 Å². The zero-order valence-corrected chi connectivity index (χ0v) is 16.1. The van der Waals surface area contributed by atoms with Crippen LogP contribution in [0, 0.1) is 0 Å². The molecule has 4 rings (SSSR count). The standard InChI is InChI=1S/C19H19N7O3/c1-24-17-15(18(28)25(2)19(24)29)21-16(22-17)12-10-13(23-26(12)3)20-14(27)9-11-7-5-4-6-8-11/h4-8,10H,9H2,1-3H3,(H,21,22)(H,20,23,27). The molecule has 0 radical (unpaired) electrons. The van der Waals surface area contributed by atoms with Crippen molar-refractivity contribution in [2.24, 2.45) is 21.1 Å². The number of nitrogens with zero attached hydrogens (tertiary/aromatic N) is 5. The highest BCUT2D eigenvalue weighted by atomic mass is 16.2. The van der Waals surface area contributed by atoms with Gasteiger partial charge in [0.25, 0.3) is 5.56 Å². The van der Waals surface area contributed by atoms with Gasteiger partial charge in [-0.25, -0.2) is 9.78 Å². The van der Waals surface area contributed by atoms with Gasteiger partial charge in [-0.1, -0.05) is 30.3 Å². The van der Waals surface area contributed by atoms with Crippen LogP contribution >= 0.6 is 0 Å². The first-order valence-corrected chi connectivity index (χ1v) is 8.89. The highest BCUT2D eigenvalue weighted by molar-refractivity contribution is 5.92. The molecule has 0 saturated carbocycles. The van der Waals surface area contributed by atoms with E-state index in [4.69, 9.17) is 0 Å². The van der Waals surface area contributed by atoms with Gasteiger partial charge in [-0.2, -0.15) is 5.10 Å². The van der Waals surface area contributed by atoms with Crippen LogP contribution in [0.15, 0.2) is 46.0 Å². The summed E-state index contributed by atoms with van der Waals surface area (Å²) < 4.78 is 3.86. The minimum atomic E-state index is -0.459. The number of carbonyl (C=O) groups is 1. The lowest BCUT2D eigenvalue weighted by molar-refractivity contribution is -0.115. The molecule has 0 aliphatic heterocycles. The average molecular weight is 393 g/mol. The molecule has 3 aromatic heterocycles. The molecule has 0 saturated heterocycles. The SMILES string of the molecule is Cn1nc(NC(=O)Cc2ccccc2)cc1-c1nc2c([nH]1)c(=O)n(C)c(=O)n2C. The minimum Gasteiger partial charge on any atom is -0.331 e. The Labute approximate surface area is 164 Å². The molecule has 3 heterocycles. The Morgan fingerprint density at radius 2 is 1.83 bits per heavy atom. The fourth-order valence-corrected chi connectivity index (χ4v) is 3.17. The molecule has 29 heavy (non-hydrogen) atoms. The Bertz CT molecular complexity index is 1340. The van der Waals surface area contributed by atoms with Crippen molar-refractivity contribution in [1.29, 1.82) is 0 Å². The van der Waals surface area contributed by atoms with Crippen molar-refractivity contribution in [2.45, 2.75) is 6.42 Å². The third kappa shape index (κ3) is 3.24. The highest BCUT2D eigenvalue weighted by Crippen LogP contribution is 2.21. The molecule has 148 valence electrons. The first kappa shape index (κ1) is 18.4. The van der Waals surface area contributed by atoms with Crippen LogP contribution in [0.1, 0.15) is 5.56 Å². The summed E-state index contributed by atoms with van der Waals surface area (Å²) in [6.45, 7) is 0. The molecule has 0 fully saturated rings. The Kier molecular flexibility index (Phi) is 4.38. The summed E-state index contributed by atoms with van der Waals surface area (Å²) in [5.74, 6) is 0.546. The second-order valence-electron chi connectivity index (χ2n) is 6.74. The first-order chi connectivity index (χ1) is 13.8. The zero-order valence-electron chi connectivity index (χ0n) is 16.1. The second kappa shape index (κ2) is 6.89. The Morgan fingerprint density at radius 1 is 1.10 bits per heavy atom. The van der Waals surface area contributed by atoms with E-state index in [9.17, 15) is 14.4 Å². The van der Waals surface area contributed by atoms with Gasteiger partial charge in [0.1, 0.15) is 11.2 Å². The number of carbonyl (C=O) groups excluding carboxylic acids is 1. The highest BCUT2D eigenvalue weighted by Gasteiger charge is 2.17. The molecular formula is C19H19N7O3. The van der Waals surface area contributed by atoms with Crippen molar-refractivity contribution in [3.05, 3.63) is 62.8 Å². The lowest BCUT2D eigenvalue weighted by atomic mass is 10.1. The van der Waals surface area contributed by atoms with Crippen molar-refractivity contribution in [2.75, 3.05) is 5.32 Å². The predicted molar refractivity (Wildman–Crippen MR) is 108 cm³/mol. The normalized spacial score (nSPS) is 11.1. The van der Waals surface area contributed by atoms with Crippen molar-refractivity contribution in [3.63, 3.8) is 0 Å². The summed E-state index contributed by atoms with van der Waals surface area (Å²) in [6, 6.07) is 11.1. The number of hydrogen-bond donors (Lipinski definition) is 2. The van der Waals surface area contributed by atoms with Gasteiger partial charge in [-0.15, -0.1) is 0 Å². The second-order valence-corrected chi connectivity index (χ2v) is 6.74. The molecule has 0 bridgehead atoms. The van der Waals surface area contributed by atoms with E-state index in [1.165, 1.54) is 11.6 Å². The first-order valence-electron chi connectivity index (χ1n) is 8.89. The molecule has 4 aromatic rings. The number of amides is 1. The van der Waals surface area contributed by atoms with E-state index in [2.05, 4.69) is 20.4 Å². The maximum absolute atomic E-state index is 12.4. The fourth-order valence-electron chi connectivity index (χ4n) is 3.17. The van der Waals surface area contributed by atoms with E-state index in [-0.39, 0.29) is 23.5 Å². The molecule has 1 aromatic carbocycles. The van der Waals surface area contributed by atoms with Crippen LogP contribution in [0.25, 0.3) is 22.7 Å². The van der Waals surface area contributed by atoms with Gasteiger partial charge >= 0.3 is 5.69 Å². The summed E-state index contributed by atoms with van der Waals surface area (Å²) >= 11 is 0. The van der Waals surface area contributed by atoms with Crippen LogP contribution in [-0.2, 0) is 32.4 Å². The van der Waals surface area contributed by atoms with E-state index >= 15 is 0 Å². The Morgan fingerprint density at radius 3 is 2.55 bits per heavy atom. The number of benzene rings is 1. The quantitative estimate of drug-likeness (QED) is 0.524. The molecular weight excluding hydrogens is 374 g/mol. The number of fused-ring (bicyclic) bond motifs is 1. The lowest BCUT2D eigenvalue weighted by Gasteiger charge is -2.01. The minimum absolute atomic E-state index is 0.193. The van der Waals surface area contributed by atoms with Crippen LogP contribution in [0.4, 0.5) is 5.82 Å². The maximum Gasteiger partial charge on any atom is 0.332 e. The molecule has 2 N–H and O–H groups in total. The monoisotopic (exact) mass is 393 g/mol. The molecule has 0 aliphatic carbocycles. The molecule has 10 nitrogen and oxygen atoms in total. The largest absolute Gasteiger partial charge is 0.332 e. The van der Waals surface area contributed by atoms with Crippen LogP contribution in [0.2, 0.25) is 0 Å². The molecule has 1 amide bonds. The topological polar surface area (TPSA) is 120 Å². The summed E-state index contributed by atoms with van der Waals surface area (Å²) in [6.07, 6.45) is 0.232. The number of aromatic amines is 1. The number of imidazole rings is 1. The number of rotatable bonds is 4.